The molecule has 0 saturated carbocycles. The van der Waals surface area contributed by atoms with Gasteiger partial charge in [-0.1, -0.05) is 48.5 Å². The molecule has 10 heteroatoms. The van der Waals surface area contributed by atoms with Crippen LogP contribution in [-0.2, 0) is 4.57 Å². The van der Waals surface area contributed by atoms with Crippen LogP contribution in [0, 0.1) is 21.4 Å². The fourth-order valence-corrected chi connectivity index (χ4v) is 5.52. The van der Waals surface area contributed by atoms with Gasteiger partial charge in [-0.05, 0) is 42.3 Å². The molecule has 0 unspecified atom stereocenters. The minimum absolute atomic E-state index is 0.113. The first-order valence-corrected chi connectivity index (χ1v) is 11.6. The molecule has 0 saturated heterocycles. The van der Waals surface area contributed by atoms with Gasteiger partial charge in [-0.25, -0.2) is 8.87 Å². The van der Waals surface area contributed by atoms with E-state index in [-0.39, 0.29) is 18.5 Å². The van der Waals surface area contributed by atoms with E-state index in [0.29, 0.717) is 16.4 Å². The quantitative estimate of drug-likeness (QED) is 0.125. The summed E-state index contributed by atoms with van der Waals surface area (Å²) in [7, 11) is -3.84. The highest BCUT2D eigenvalue weighted by atomic mass is 32.2. The Hall–Kier alpha value is -3.31. The second-order valence-electron chi connectivity index (χ2n) is 6.18. The molecule has 8 nitrogen and oxygen atoms in total. The summed E-state index contributed by atoms with van der Waals surface area (Å²) in [4.78, 5) is 11.1. The van der Waals surface area contributed by atoms with Gasteiger partial charge in [0.2, 0.25) is 0 Å². The zero-order chi connectivity index (χ0) is 22.1. The Morgan fingerprint density at radius 2 is 1.45 bits per heavy atom. The molecule has 3 aromatic rings. The number of rotatable bonds is 10. The van der Waals surface area contributed by atoms with Crippen LogP contribution < -0.4 is 9.05 Å². The van der Waals surface area contributed by atoms with Crippen LogP contribution in [0.2, 0.25) is 0 Å². The highest BCUT2D eigenvalue weighted by Gasteiger charge is 2.33. The lowest BCUT2D eigenvalue weighted by molar-refractivity contribution is -0.387. The Bertz CT molecular complexity index is 1060. The highest BCUT2D eigenvalue weighted by molar-refractivity contribution is 7.97. The normalized spacial score (nSPS) is 11.0. The van der Waals surface area contributed by atoms with Crippen molar-refractivity contribution in [1.29, 1.82) is 5.26 Å². The van der Waals surface area contributed by atoms with Gasteiger partial charge in [-0.15, -0.1) is 0 Å². The van der Waals surface area contributed by atoms with Gasteiger partial charge >= 0.3 is 7.60 Å². The molecule has 3 rings (SSSR count). The van der Waals surface area contributed by atoms with Crippen LogP contribution in [0.25, 0.3) is 0 Å². The molecule has 0 radical (unpaired) electrons. The van der Waals surface area contributed by atoms with E-state index in [1.807, 2.05) is 6.07 Å². The van der Waals surface area contributed by atoms with E-state index >= 15 is 0 Å². The average Bonchev–Trinajstić information content (AvgIpc) is 2.75. The molecule has 0 spiro atoms. The van der Waals surface area contributed by atoms with Crippen molar-refractivity contribution in [1.82, 2.24) is 4.31 Å². The molecule has 0 amide bonds. The van der Waals surface area contributed by atoms with E-state index < -0.39 is 12.5 Å². The number of benzene rings is 3. The van der Waals surface area contributed by atoms with Crippen LogP contribution in [0.15, 0.2) is 89.8 Å². The Morgan fingerprint density at radius 1 is 0.935 bits per heavy atom. The van der Waals surface area contributed by atoms with E-state index in [0.717, 1.165) is 11.9 Å². The first-order chi connectivity index (χ1) is 15.0. The number of hydrogen-bond donors (Lipinski definition) is 0. The molecule has 0 aliphatic carbocycles. The van der Waals surface area contributed by atoms with Crippen LogP contribution >= 0.6 is 19.5 Å². The van der Waals surface area contributed by atoms with Gasteiger partial charge in [0.05, 0.1) is 17.5 Å². The molecular formula is C21H18N3O5PS. The largest absolute Gasteiger partial charge is 0.445 e. The van der Waals surface area contributed by atoms with E-state index in [9.17, 15) is 19.9 Å². The van der Waals surface area contributed by atoms with Crippen molar-refractivity contribution in [2.24, 2.45) is 0 Å². The molecule has 158 valence electrons. The molecule has 3 aromatic carbocycles. The Labute approximate surface area is 183 Å². The number of nitrogens with zero attached hydrogens (tertiary/aromatic N) is 3. The number of hydrogen-bond acceptors (Lipinski definition) is 8. The van der Waals surface area contributed by atoms with Gasteiger partial charge in [-0.2, -0.15) is 5.26 Å². The SMILES string of the molecule is N#CCN(CP(=O)(Oc1ccccc1)Oc1ccccc1)Sc1ccccc1[N+](=O)[O-]. The van der Waals surface area contributed by atoms with Gasteiger partial charge in [-0.3, -0.25) is 10.1 Å². The number of nitro groups is 1. The van der Waals surface area contributed by atoms with Crippen molar-refractivity contribution in [3.8, 4) is 17.6 Å². The molecule has 0 atom stereocenters. The monoisotopic (exact) mass is 455 g/mol. The van der Waals surface area contributed by atoms with Crippen LogP contribution in [0.3, 0.4) is 0 Å². The lowest BCUT2D eigenvalue weighted by Gasteiger charge is -2.25. The molecule has 0 aliphatic heterocycles. The van der Waals surface area contributed by atoms with E-state index in [4.69, 9.17) is 9.05 Å². The summed E-state index contributed by atoms with van der Waals surface area (Å²) < 4.78 is 26.6. The molecule has 0 heterocycles. The second kappa shape index (κ2) is 10.6. The van der Waals surface area contributed by atoms with Crippen LogP contribution in [0.1, 0.15) is 0 Å². The summed E-state index contributed by atoms with van der Waals surface area (Å²) in [5, 5.41) is 20.6. The van der Waals surface area contributed by atoms with Gasteiger partial charge in [0.15, 0.2) is 0 Å². The third kappa shape index (κ3) is 6.59. The lowest BCUT2D eigenvalue weighted by Crippen LogP contribution is -2.21. The van der Waals surface area contributed by atoms with Gasteiger partial charge in [0.1, 0.15) is 22.7 Å². The average molecular weight is 455 g/mol. The minimum Gasteiger partial charge on any atom is -0.415 e. The van der Waals surface area contributed by atoms with Crippen molar-refractivity contribution < 1.29 is 18.5 Å². The van der Waals surface area contributed by atoms with Crippen molar-refractivity contribution in [3.63, 3.8) is 0 Å². The molecule has 0 aliphatic rings. The van der Waals surface area contributed by atoms with E-state index in [1.165, 1.54) is 10.4 Å². The van der Waals surface area contributed by atoms with Crippen molar-refractivity contribution in [2.75, 3.05) is 12.8 Å². The first-order valence-electron chi connectivity index (χ1n) is 9.11. The predicted molar refractivity (Wildman–Crippen MR) is 118 cm³/mol. The summed E-state index contributed by atoms with van der Waals surface area (Å²) >= 11 is 0.953. The molecular weight excluding hydrogens is 437 g/mol. The fraction of sp³-hybridized carbons (Fsp3) is 0.0952. The Balaban J connectivity index is 1.89. The summed E-state index contributed by atoms with van der Waals surface area (Å²) in [6.07, 6.45) is -0.277. The minimum atomic E-state index is -3.84. The van der Waals surface area contributed by atoms with Gasteiger partial charge in [0, 0.05) is 6.07 Å². The third-order valence-electron chi connectivity index (χ3n) is 3.84. The maximum Gasteiger partial charge on any atom is 0.445 e. The molecule has 0 fully saturated rings. The maximum atomic E-state index is 13.7. The number of para-hydroxylation sites is 3. The highest BCUT2D eigenvalue weighted by Crippen LogP contribution is 2.50. The predicted octanol–water partition coefficient (Wildman–Crippen LogP) is 5.74. The molecule has 0 N–H and O–H groups in total. The summed E-state index contributed by atoms with van der Waals surface area (Å²) in [6.45, 7) is -0.156. The van der Waals surface area contributed by atoms with Crippen LogP contribution in [-0.4, -0.2) is 22.1 Å². The smallest absolute Gasteiger partial charge is 0.415 e. The lowest BCUT2D eigenvalue weighted by atomic mass is 10.3. The van der Waals surface area contributed by atoms with E-state index in [2.05, 4.69) is 0 Å². The van der Waals surface area contributed by atoms with Gasteiger partial charge < -0.3 is 9.05 Å². The molecule has 31 heavy (non-hydrogen) atoms. The van der Waals surface area contributed by atoms with Crippen molar-refractivity contribution >= 4 is 25.2 Å². The van der Waals surface area contributed by atoms with Crippen molar-refractivity contribution in [2.45, 2.75) is 4.90 Å². The Kier molecular flexibility index (Phi) is 7.68. The summed E-state index contributed by atoms with van der Waals surface area (Å²) in [6, 6.07) is 25.2. The van der Waals surface area contributed by atoms with E-state index in [1.54, 1.807) is 78.9 Å². The van der Waals surface area contributed by atoms with Gasteiger partial charge in [0.25, 0.3) is 5.69 Å². The third-order valence-corrected chi connectivity index (χ3v) is 6.76. The topological polar surface area (TPSA) is 106 Å². The second-order valence-corrected chi connectivity index (χ2v) is 9.18. The zero-order valence-corrected chi connectivity index (χ0v) is 17.9. The Morgan fingerprint density at radius 3 is 1.97 bits per heavy atom. The standard InChI is InChI=1S/C21H18N3O5PS/c22-15-16-23(31-21-14-8-7-13-20(21)24(25)26)17-30(27,28-18-9-3-1-4-10-18)29-19-11-5-2-6-12-19/h1-14H,16-17H2. The summed E-state index contributed by atoms with van der Waals surface area (Å²) in [5.41, 5.74) is -0.113. The molecule has 0 aromatic heterocycles. The zero-order valence-electron chi connectivity index (χ0n) is 16.2. The maximum absolute atomic E-state index is 13.7. The molecule has 0 bridgehead atoms. The number of nitriles is 1. The number of nitro benzene ring substituents is 1. The fourth-order valence-electron chi connectivity index (χ4n) is 2.57. The first kappa shape index (κ1) is 22.4. The summed E-state index contributed by atoms with van der Waals surface area (Å²) in [5.74, 6) is 0.684. The van der Waals surface area contributed by atoms with Crippen molar-refractivity contribution in [3.05, 3.63) is 95.0 Å². The van der Waals surface area contributed by atoms with Crippen LogP contribution in [0.4, 0.5) is 5.69 Å². The van der Waals surface area contributed by atoms with Crippen LogP contribution in [0.5, 0.6) is 11.5 Å².